The number of Topliss-reactive ketones (excluding diaryl/α,β-unsaturated/α-hetero) is 1. The zero-order valence-electron chi connectivity index (χ0n) is 14.7. The predicted octanol–water partition coefficient (Wildman–Crippen LogP) is 3.93. The van der Waals surface area contributed by atoms with Crippen molar-refractivity contribution < 1.29 is 4.79 Å². The highest BCUT2D eigenvalue weighted by Gasteiger charge is 2.33. The van der Waals surface area contributed by atoms with Crippen molar-refractivity contribution in [2.45, 2.75) is 52.1 Å². The van der Waals surface area contributed by atoms with E-state index in [0.29, 0.717) is 5.78 Å². The van der Waals surface area contributed by atoms with Crippen LogP contribution >= 0.6 is 0 Å². The number of ketones is 1. The molecule has 0 radical (unpaired) electrons. The quantitative estimate of drug-likeness (QED) is 0.713. The molecule has 0 bridgehead atoms. The molecule has 3 heterocycles. The van der Waals surface area contributed by atoms with Crippen molar-refractivity contribution in [1.29, 1.82) is 0 Å². The van der Waals surface area contributed by atoms with Crippen molar-refractivity contribution in [3.8, 4) is 0 Å². The first-order valence-electron chi connectivity index (χ1n) is 9.39. The number of carbonyl (C=O) groups is 1. The molecule has 0 amide bonds. The standard InChI is InChI=1S/C21H23N3O/c1-14-22-10-12-23(14)13-16-8-9-18-19(21(16)25)17-7-4-6-15-5-2-3-11-24(18)20(15)17/h4,6-7,10,12,16H,2-3,5,8-9,11,13H2,1H3/t16-/m0/s1. The minimum Gasteiger partial charge on any atom is -0.344 e. The maximum atomic E-state index is 13.4. The number of rotatable bonds is 2. The third-order valence-electron chi connectivity index (χ3n) is 6.04. The van der Waals surface area contributed by atoms with E-state index in [1.165, 1.54) is 35.0 Å². The molecule has 0 fully saturated rings. The fraction of sp³-hybridized carbons (Fsp3) is 0.429. The molecule has 0 unspecified atom stereocenters. The van der Waals surface area contributed by atoms with Gasteiger partial charge in [-0.3, -0.25) is 4.79 Å². The van der Waals surface area contributed by atoms with E-state index in [1.54, 1.807) is 0 Å². The Bertz CT molecular complexity index is 979. The van der Waals surface area contributed by atoms with Gasteiger partial charge in [0.05, 0.1) is 5.52 Å². The Kier molecular flexibility index (Phi) is 3.34. The second-order valence-electron chi connectivity index (χ2n) is 7.47. The number of para-hydroxylation sites is 1. The maximum Gasteiger partial charge on any atom is 0.170 e. The van der Waals surface area contributed by atoms with Crippen LogP contribution in [0.25, 0.3) is 10.9 Å². The molecule has 4 heteroatoms. The highest BCUT2D eigenvalue weighted by atomic mass is 16.1. The van der Waals surface area contributed by atoms with Crippen molar-refractivity contribution in [2.24, 2.45) is 5.92 Å². The molecule has 1 aliphatic heterocycles. The van der Waals surface area contributed by atoms with Gasteiger partial charge in [0.25, 0.3) is 0 Å². The van der Waals surface area contributed by atoms with Crippen molar-refractivity contribution in [1.82, 2.24) is 14.1 Å². The molecule has 25 heavy (non-hydrogen) atoms. The van der Waals surface area contributed by atoms with Crippen LogP contribution in [0.4, 0.5) is 0 Å². The van der Waals surface area contributed by atoms with Crippen LogP contribution in [0, 0.1) is 12.8 Å². The van der Waals surface area contributed by atoms with Crippen molar-refractivity contribution >= 4 is 16.7 Å². The van der Waals surface area contributed by atoms with Crippen molar-refractivity contribution in [3.05, 3.63) is 53.2 Å². The molecule has 4 nitrogen and oxygen atoms in total. The Morgan fingerprint density at radius 2 is 2.16 bits per heavy atom. The zero-order valence-corrected chi connectivity index (χ0v) is 14.7. The number of nitrogens with zero attached hydrogens (tertiary/aromatic N) is 3. The van der Waals surface area contributed by atoms with Gasteiger partial charge < -0.3 is 9.13 Å². The van der Waals surface area contributed by atoms with E-state index in [2.05, 4.69) is 32.3 Å². The van der Waals surface area contributed by atoms with Gasteiger partial charge in [-0.1, -0.05) is 18.2 Å². The normalized spacial score (nSPS) is 19.9. The van der Waals surface area contributed by atoms with Gasteiger partial charge >= 0.3 is 0 Å². The van der Waals surface area contributed by atoms with E-state index in [-0.39, 0.29) is 5.92 Å². The van der Waals surface area contributed by atoms with Crippen molar-refractivity contribution in [2.75, 3.05) is 0 Å². The third kappa shape index (κ3) is 2.20. The fourth-order valence-corrected chi connectivity index (χ4v) is 4.76. The Balaban J connectivity index is 1.62. The lowest BCUT2D eigenvalue weighted by molar-refractivity contribution is 0.0887. The van der Waals surface area contributed by atoms with Gasteiger partial charge in [-0.25, -0.2) is 4.98 Å². The Hall–Kier alpha value is -2.36. The number of imidazole rings is 1. The average Bonchev–Trinajstić information content (AvgIpc) is 3.07. The highest BCUT2D eigenvalue weighted by Crippen LogP contribution is 2.38. The van der Waals surface area contributed by atoms with Gasteiger partial charge in [0.15, 0.2) is 5.78 Å². The minimum atomic E-state index is 0.0612. The lowest BCUT2D eigenvalue weighted by Crippen LogP contribution is -2.27. The van der Waals surface area contributed by atoms with Crippen molar-refractivity contribution in [3.63, 3.8) is 0 Å². The summed E-state index contributed by atoms with van der Waals surface area (Å²) in [6.45, 7) is 3.81. The van der Waals surface area contributed by atoms with E-state index in [0.717, 1.165) is 43.7 Å². The van der Waals surface area contributed by atoms with Crippen LogP contribution in [0.1, 0.15) is 46.7 Å². The summed E-state index contributed by atoms with van der Waals surface area (Å²) in [4.78, 5) is 17.7. The van der Waals surface area contributed by atoms with Crippen LogP contribution in [0.3, 0.4) is 0 Å². The molecule has 0 saturated carbocycles. The number of aryl methyl sites for hydroxylation is 3. The van der Waals surface area contributed by atoms with Crippen LogP contribution in [0.2, 0.25) is 0 Å². The molecule has 1 aliphatic carbocycles. The minimum absolute atomic E-state index is 0.0612. The molecule has 1 aromatic carbocycles. The SMILES string of the molecule is Cc1nccn1C[C@@H]1CCc2c(c3cccc4c3n2CCCC4)C1=O. The lowest BCUT2D eigenvalue weighted by atomic mass is 9.84. The molecule has 0 N–H and O–H groups in total. The molecule has 128 valence electrons. The summed E-state index contributed by atoms with van der Waals surface area (Å²) >= 11 is 0. The topological polar surface area (TPSA) is 39.8 Å². The predicted molar refractivity (Wildman–Crippen MR) is 98.0 cm³/mol. The van der Waals surface area contributed by atoms with Gasteiger partial charge in [0.1, 0.15) is 5.82 Å². The average molecular weight is 333 g/mol. The Morgan fingerprint density at radius 3 is 3.00 bits per heavy atom. The Labute approximate surface area is 147 Å². The van der Waals surface area contributed by atoms with Gasteiger partial charge in [-0.15, -0.1) is 0 Å². The summed E-state index contributed by atoms with van der Waals surface area (Å²) in [5, 5.41) is 1.19. The van der Waals surface area contributed by atoms with Crippen LogP contribution in [0.15, 0.2) is 30.6 Å². The number of benzene rings is 1. The smallest absolute Gasteiger partial charge is 0.170 e. The van der Waals surface area contributed by atoms with E-state index in [1.807, 2.05) is 19.3 Å². The van der Waals surface area contributed by atoms with Crippen LogP contribution in [-0.4, -0.2) is 19.9 Å². The van der Waals surface area contributed by atoms with Gasteiger partial charge in [-0.05, 0) is 44.6 Å². The maximum absolute atomic E-state index is 13.4. The second kappa shape index (κ2) is 5.58. The summed E-state index contributed by atoms with van der Waals surface area (Å²) in [6, 6.07) is 6.53. The molecule has 3 aromatic rings. The molecule has 0 saturated heterocycles. The second-order valence-corrected chi connectivity index (χ2v) is 7.47. The molecule has 2 aliphatic rings. The number of aromatic nitrogens is 3. The largest absolute Gasteiger partial charge is 0.344 e. The molecule has 2 aromatic heterocycles. The number of fused-ring (bicyclic) bond motifs is 3. The molecular weight excluding hydrogens is 310 g/mol. The first kappa shape index (κ1) is 14.9. The van der Waals surface area contributed by atoms with E-state index in [9.17, 15) is 4.79 Å². The van der Waals surface area contributed by atoms with Crippen LogP contribution < -0.4 is 0 Å². The third-order valence-corrected chi connectivity index (χ3v) is 6.04. The van der Waals surface area contributed by atoms with Gasteiger partial charge in [0.2, 0.25) is 0 Å². The highest BCUT2D eigenvalue weighted by molar-refractivity contribution is 6.11. The fourth-order valence-electron chi connectivity index (χ4n) is 4.76. The summed E-state index contributed by atoms with van der Waals surface area (Å²) in [5.74, 6) is 1.37. The number of hydrogen-bond donors (Lipinski definition) is 0. The summed E-state index contributed by atoms with van der Waals surface area (Å²) in [7, 11) is 0. The van der Waals surface area contributed by atoms with Gasteiger partial charge in [-0.2, -0.15) is 0 Å². The van der Waals surface area contributed by atoms with Crippen LogP contribution in [-0.2, 0) is 25.9 Å². The Morgan fingerprint density at radius 1 is 1.24 bits per heavy atom. The first-order chi connectivity index (χ1) is 12.2. The monoisotopic (exact) mass is 333 g/mol. The zero-order chi connectivity index (χ0) is 17.0. The van der Waals surface area contributed by atoms with E-state index in [4.69, 9.17) is 0 Å². The molecule has 1 atom stereocenters. The van der Waals surface area contributed by atoms with Crippen LogP contribution in [0.5, 0.6) is 0 Å². The summed E-state index contributed by atoms with van der Waals surface area (Å²) in [5.41, 5.74) is 5.04. The summed E-state index contributed by atoms with van der Waals surface area (Å²) in [6.07, 6.45) is 9.33. The molecular formula is C21H23N3O. The lowest BCUT2D eigenvalue weighted by Gasteiger charge is -2.23. The summed E-state index contributed by atoms with van der Waals surface area (Å²) < 4.78 is 4.57. The van der Waals surface area contributed by atoms with E-state index < -0.39 is 0 Å². The van der Waals surface area contributed by atoms with E-state index >= 15 is 0 Å². The first-order valence-corrected chi connectivity index (χ1v) is 9.39. The number of hydrogen-bond acceptors (Lipinski definition) is 2. The van der Waals surface area contributed by atoms with Gasteiger partial charge in [0, 0.05) is 48.0 Å². The molecule has 5 rings (SSSR count). The number of carbonyl (C=O) groups excluding carboxylic acids is 1. The molecule has 0 spiro atoms.